The fourth-order valence-corrected chi connectivity index (χ4v) is 4.91. The summed E-state index contributed by atoms with van der Waals surface area (Å²) in [5, 5.41) is 11.5. The van der Waals surface area contributed by atoms with Crippen molar-refractivity contribution in [2.45, 2.75) is 6.04 Å². The summed E-state index contributed by atoms with van der Waals surface area (Å²) < 4.78 is 27.7. The minimum atomic E-state index is -0.876. The van der Waals surface area contributed by atoms with Crippen LogP contribution in [-0.2, 0) is 14.3 Å². The second-order valence-electron chi connectivity index (χ2n) is 8.91. The molecule has 0 bridgehead atoms. The predicted molar refractivity (Wildman–Crippen MR) is 133 cm³/mol. The van der Waals surface area contributed by atoms with E-state index >= 15 is 0 Å². The summed E-state index contributed by atoms with van der Waals surface area (Å²) in [6.07, 6.45) is 0. The molecule has 2 aromatic rings. The zero-order valence-electron chi connectivity index (χ0n) is 20.9. The van der Waals surface area contributed by atoms with Gasteiger partial charge in [-0.1, -0.05) is 0 Å². The zero-order valence-corrected chi connectivity index (χ0v) is 20.9. The number of nitrogens with zero attached hydrogens (tertiary/aromatic N) is 2. The van der Waals surface area contributed by atoms with Crippen molar-refractivity contribution in [1.82, 2.24) is 9.80 Å². The van der Waals surface area contributed by atoms with E-state index in [1.165, 1.54) is 19.1 Å². The van der Waals surface area contributed by atoms with Crippen molar-refractivity contribution in [2.24, 2.45) is 0 Å². The third-order valence-corrected chi connectivity index (χ3v) is 6.85. The fraction of sp³-hybridized carbons (Fsp3) is 0.407. The van der Waals surface area contributed by atoms with Gasteiger partial charge in [-0.25, -0.2) is 0 Å². The van der Waals surface area contributed by atoms with Gasteiger partial charge in [0.15, 0.2) is 11.5 Å². The van der Waals surface area contributed by atoms with Gasteiger partial charge < -0.3 is 33.7 Å². The first kappa shape index (κ1) is 24.9. The van der Waals surface area contributed by atoms with Crippen molar-refractivity contribution in [2.75, 3.05) is 66.8 Å². The van der Waals surface area contributed by atoms with Crippen molar-refractivity contribution in [3.8, 4) is 23.0 Å². The molecule has 0 saturated carbocycles. The first-order valence-corrected chi connectivity index (χ1v) is 12.2. The van der Waals surface area contributed by atoms with Crippen molar-refractivity contribution >= 4 is 17.4 Å². The third kappa shape index (κ3) is 4.82. The quantitative estimate of drug-likeness (QED) is 0.341. The molecule has 10 heteroatoms. The molecule has 10 nitrogen and oxygen atoms in total. The molecule has 3 aliphatic rings. The van der Waals surface area contributed by atoms with Crippen LogP contribution in [0.4, 0.5) is 0 Å². The van der Waals surface area contributed by atoms with Gasteiger partial charge in [-0.05, 0) is 36.4 Å². The second kappa shape index (κ2) is 10.7. The average molecular weight is 511 g/mol. The van der Waals surface area contributed by atoms with Gasteiger partial charge in [0.05, 0.1) is 39.0 Å². The minimum absolute atomic E-state index is 0.0183. The van der Waals surface area contributed by atoms with Crippen molar-refractivity contribution in [3.05, 3.63) is 53.1 Å². The van der Waals surface area contributed by atoms with Crippen molar-refractivity contribution in [3.63, 3.8) is 0 Å². The number of fused-ring (bicyclic) bond motifs is 1. The molecule has 1 atom stereocenters. The van der Waals surface area contributed by atoms with Crippen molar-refractivity contribution in [1.29, 1.82) is 0 Å². The Labute approximate surface area is 214 Å². The molecule has 0 aromatic heterocycles. The number of aliphatic hydroxyl groups is 1. The van der Waals surface area contributed by atoms with Crippen LogP contribution in [0.2, 0.25) is 0 Å². The number of Topliss-reactive ketones (excluding diaryl/α,β-unsaturated/α-hetero) is 1. The highest BCUT2D eigenvalue weighted by atomic mass is 16.6. The monoisotopic (exact) mass is 510 g/mol. The molecule has 1 amide bonds. The topological polar surface area (TPSA) is 107 Å². The zero-order chi connectivity index (χ0) is 25.9. The van der Waals surface area contributed by atoms with Crippen LogP contribution in [0.25, 0.3) is 5.76 Å². The maximum atomic E-state index is 13.4. The van der Waals surface area contributed by atoms with E-state index in [9.17, 15) is 14.7 Å². The molecule has 0 spiro atoms. The highest BCUT2D eigenvalue weighted by Crippen LogP contribution is 2.44. The summed E-state index contributed by atoms with van der Waals surface area (Å²) in [6.45, 7) is 4.39. The van der Waals surface area contributed by atoms with E-state index in [4.69, 9.17) is 23.7 Å². The second-order valence-corrected chi connectivity index (χ2v) is 8.91. The predicted octanol–water partition coefficient (Wildman–Crippen LogP) is 2.23. The number of carbonyl (C=O) groups is 2. The van der Waals surface area contributed by atoms with E-state index < -0.39 is 17.7 Å². The number of aliphatic hydroxyl groups excluding tert-OH is 1. The van der Waals surface area contributed by atoms with Gasteiger partial charge in [0.1, 0.15) is 30.5 Å². The Bertz CT molecular complexity index is 1220. The number of hydrogen-bond acceptors (Lipinski definition) is 9. The molecule has 3 aliphatic heterocycles. The maximum absolute atomic E-state index is 13.4. The number of likely N-dealkylation sites (tertiary alicyclic amines) is 1. The molecule has 2 aromatic carbocycles. The lowest BCUT2D eigenvalue weighted by Crippen LogP contribution is -2.42. The smallest absolute Gasteiger partial charge is 0.295 e. The average Bonchev–Trinajstić information content (AvgIpc) is 3.20. The van der Waals surface area contributed by atoms with E-state index in [-0.39, 0.29) is 17.9 Å². The van der Waals surface area contributed by atoms with Crippen LogP contribution in [0.3, 0.4) is 0 Å². The van der Waals surface area contributed by atoms with Gasteiger partial charge in [0, 0.05) is 37.3 Å². The SMILES string of the molecule is COc1ccc(OC)c(C2/C(=C(\O)c3ccc4c(c3)OCCO4)C(=O)C(=O)N2CCN2CCOCC2)c1. The van der Waals surface area contributed by atoms with Crippen LogP contribution >= 0.6 is 0 Å². The Kier molecular flexibility index (Phi) is 7.20. The standard InChI is InChI=1S/C27H30N2O8/c1-33-18-4-6-20(34-2)19(16-18)24-23(25(30)17-3-5-21-22(15-17)37-14-13-36-21)26(31)27(32)29(24)8-7-28-9-11-35-12-10-28/h3-6,15-16,24,30H,7-14H2,1-2H3/b25-23+. The Morgan fingerprint density at radius 3 is 2.43 bits per heavy atom. The molecule has 0 radical (unpaired) electrons. The van der Waals surface area contributed by atoms with Crippen molar-refractivity contribution < 1.29 is 38.4 Å². The minimum Gasteiger partial charge on any atom is -0.507 e. The Balaban J connectivity index is 1.60. The summed E-state index contributed by atoms with van der Waals surface area (Å²) in [6, 6.07) is 9.25. The molecular formula is C27H30N2O8. The lowest BCUT2D eigenvalue weighted by molar-refractivity contribution is -0.140. The first-order chi connectivity index (χ1) is 18.0. The van der Waals surface area contributed by atoms with E-state index in [1.807, 2.05) is 0 Å². The summed E-state index contributed by atoms with van der Waals surface area (Å²) in [4.78, 5) is 30.5. The van der Waals surface area contributed by atoms with Crippen LogP contribution in [0.15, 0.2) is 42.0 Å². The van der Waals surface area contributed by atoms with E-state index in [2.05, 4.69) is 4.90 Å². The summed E-state index contributed by atoms with van der Waals surface area (Å²) in [7, 11) is 3.06. The van der Waals surface area contributed by atoms with Crippen LogP contribution < -0.4 is 18.9 Å². The number of ketones is 1. The molecule has 3 heterocycles. The van der Waals surface area contributed by atoms with E-state index in [0.717, 1.165) is 13.1 Å². The normalized spacial score (nSPS) is 21.2. The lowest BCUT2D eigenvalue weighted by atomic mass is 9.94. The summed E-state index contributed by atoms with van der Waals surface area (Å²) in [5.74, 6) is 0.295. The maximum Gasteiger partial charge on any atom is 0.295 e. The highest BCUT2D eigenvalue weighted by molar-refractivity contribution is 6.46. The number of methoxy groups -OCH3 is 2. The number of ether oxygens (including phenoxy) is 5. The number of hydrogen-bond donors (Lipinski definition) is 1. The van der Waals surface area contributed by atoms with E-state index in [0.29, 0.717) is 67.1 Å². The molecule has 1 unspecified atom stereocenters. The van der Waals surface area contributed by atoms with Gasteiger partial charge in [-0.15, -0.1) is 0 Å². The largest absolute Gasteiger partial charge is 0.507 e. The molecule has 0 aliphatic carbocycles. The number of benzene rings is 2. The first-order valence-electron chi connectivity index (χ1n) is 12.2. The number of amides is 1. The fourth-order valence-electron chi connectivity index (χ4n) is 4.91. The summed E-state index contributed by atoms with van der Waals surface area (Å²) >= 11 is 0. The van der Waals surface area contributed by atoms with Gasteiger partial charge in [-0.3, -0.25) is 14.5 Å². The Morgan fingerprint density at radius 1 is 0.946 bits per heavy atom. The van der Waals surface area contributed by atoms with Crippen LogP contribution in [0.1, 0.15) is 17.2 Å². The van der Waals surface area contributed by atoms with E-state index in [1.54, 1.807) is 36.4 Å². The third-order valence-electron chi connectivity index (χ3n) is 6.85. The molecule has 2 saturated heterocycles. The molecule has 1 N–H and O–H groups in total. The molecular weight excluding hydrogens is 480 g/mol. The van der Waals surface area contributed by atoms with Gasteiger partial charge in [-0.2, -0.15) is 0 Å². The Morgan fingerprint density at radius 2 is 1.70 bits per heavy atom. The lowest BCUT2D eigenvalue weighted by Gasteiger charge is -2.31. The van der Waals surface area contributed by atoms with Crippen LogP contribution in [0.5, 0.6) is 23.0 Å². The number of carbonyl (C=O) groups excluding carboxylic acids is 2. The van der Waals surface area contributed by atoms with Gasteiger partial charge >= 0.3 is 0 Å². The molecule has 2 fully saturated rings. The molecule has 5 rings (SSSR count). The van der Waals surface area contributed by atoms with Crippen LogP contribution in [-0.4, -0.2) is 93.4 Å². The molecule has 37 heavy (non-hydrogen) atoms. The van der Waals surface area contributed by atoms with Gasteiger partial charge in [0.25, 0.3) is 11.7 Å². The summed E-state index contributed by atoms with van der Waals surface area (Å²) in [5.41, 5.74) is 0.875. The number of morpholine rings is 1. The Hall–Kier alpha value is -3.76. The van der Waals surface area contributed by atoms with Gasteiger partial charge in [0.2, 0.25) is 0 Å². The number of rotatable bonds is 7. The van der Waals surface area contributed by atoms with Crippen LogP contribution in [0, 0.1) is 0 Å². The highest BCUT2D eigenvalue weighted by Gasteiger charge is 2.47. The molecule has 196 valence electrons.